The summed E-state index contributed by atoms with van der Waals surface area (Å²) >= 11 is 0. The predicted octanol–water partition coefficient (Wildman–Crippen LogP) is 8.72. The molecule has 0 aliphatic carbocycles. The minimum absolute atomic E-state index is 0.141. The molecule has 1 rings (SSSR count). The van der Waals surface area contributed by atoms with E-state index in [-0.39, 0.29) is 12.5 Å². The summed E-state index contributed by atoms with van der Waals surface area (Å²) in [6.07, 6.45) is 33.2. The Morgan fingerprint density at radius 2 is 1.09 bits per heavy atom. The smallest absolute Gasteiger partial charge is 0.220 e. The highest BCUT2D eigenvalue weighted by molar-refractivity contribution is 5.76. The molecule has 53 heavy (non-hydrogen) atoms. The van der Waals surface area contributed by atoms with Gasteiger partial charge in [-0.3, -0.25) is 4.79 Å². The zero-order valence-electron chi connectivity index (χ0n) is 34.0. The van der Waals surface area contributed by atoms with Crippen molar-refractivity contribution >= 4 is 5.91 Å². The average molecular weight is 754 g/mol. The lowest BCUT2D eigenvalue weighted by molar-refractivity contribution is -0.302. The van der Waals surface area contributed by atoms with Crippen molar-refractivity contribution in [3.8, 4) is 0 Å². The van der Waals surface area contributed by atoms with Gasteiger partial charge in [0.2, 0.25) is 5.91 Å². The van der Waals surface area contributed by atoms with Gasteiger partial charge in [-0.2, -0.15) is 0 Å². The van der Waals surface area contributed by atoms with Gasteiger partial charge in [-0.15, -0.1) is 0 Å². The first-order valence-electron chi connectivity index (χ1n) is 22.1. The first kappa shape index (κ1) is 49.7. The maximum absolute atomic E-state index is 12.9. The van der Waals surface area contributed by atoms with Crippen molar-refractivity contribution in [3.63, 3.8) is 0 Å². The summed E-state index contributed by atoms with van der Waals surface area (Å²) in [6.45, 7) is 3.79. The van der Waals surface area contributed by atoms with Crippen LogP contribution in [0.3, 0.4) is 0 Å². The van der Waals surface area contributed by atoms with Crippen molar-refractivity contribution in [3.05, 3.63) is 24.3 Å². The summed E-state index contributed by atoms with van der Waals surface area (Å²) in [7, 11) is 0. The minimum Gasteiger partial charge on any atom is -0.394 e. The summed E-state index contributed by atoms with van der Waals surface area (Å²) in [5, 5.41) is 54.3. The predicted molar refractivity (Wildman–Crippen MR) is 217 cm³/mol. The fourth-order valence-electron chi connectivity index (χ4n) is 6.97. The lowest BCUT2D eigenvalue weighted by Gasteiger charge is -2.40. The van der Waals surface area contributed by atoms with Gasteiger partial charge in [0.15, 0.2) is 6.29 Å². The third-order valence-corrected chi connectivity index (χ3v) is 10.6. The molecule has 9 heteroatoms. The second-order valence-corrected chi connectivity index (χ2v) is 15.5. The van der Waals surface area contributed by atoms with E-state index in [0.717, 1.165) is 57.8 Å². The molecule has 1 saturated heterocycles. The molecule has 0 bridgehead atoms. The Morgan fingerprint density at radius 1 is 0.642 bits per heavy atom. The second kappa shape index (κ2) is 35.1. The van der Waals surface area contributed by atoms with Crippen LogP contribution in [0.25, 0.3) is 0 Å². The summed E-state index contributed by atoms with van der Waals surface area (Å²) in [4.78, 5) is 12.9. The quantitative estimate of drug-likeness (QED) is 0.0275. The molecule has 0 saturated carbocycles. The van der Waals surface area contributed by atoms with Gasteiger partial charge >= 0.3 is 0 Å². The summed E-state index contributed by atoms with van der Waals surface area (Å²) in [5.74, 6) is -0.157. The Labute approximate surface area is 324 Å². The number of carbonyl (C=O) groups is 1. The normalized spacial score (nSPS) is 21.8. The summed E-state index contributed by atoms with van der Waals surface area (Å²) in [6, 6.07) is -0.722. The van der Waals surface area contributed by atoms with Gasteiger partial charge < -0.3 is 40.3 Å². The molecule has 0 spiro atoms. The lowest BCUT2D eigenvalue weighted by Crippen LogP contribution is -2.60. The number of rotatable bonds is 36. The molecule has 1 fully saturated rings. The number of carbonyl (C=O) groups excluding carboxylic acids is 1. The Morgan fingerprint density at radius 3 is 1.62 bits per heavy atom. The molecule has 1 heterocycles. The number of allylic oxidation sites excluding steroid dienone is 4. The topological polar surface area (TPSA) is 149 Å². The zero-order chi connectivity index (χ0) is 38.8. The number of amides is 1. The van der Waals surface area contributed by atoms with Crippen LogP contribution in [0.5, 0.6) is 0 Å². The standard InChI is InChI=1S/C44H83NO8/c1-3-5-7-9-11-13-15-17-19-21-23-25-27-29-31-33-38(47)37(36-52-44-43(51)42(50)41(49)39(35-46)53-44)45-40(48)34-32-30-28-26-24-22-20-18-16-14-12-10-8-6-4-2/h12,14,16,18,37-39,41-44,46-47,49-51H,3-11,13,15,17,19-36H2,1-2H3,(H,45,48)/b14-12-,18-16-. The van der Waals surface area contributed by atoms with E-state index in [1.54, 1.807) is 0 Å². The van der Waals surface area contributed by atoms with E-state index in [2.05, 4.69) is 43.5 Å². The van der Waals surface area contributed by atoms with E-state index in [9.17, 15) is 30.3 Å². The van der Waals surface area contributed by atoms with Gasteiger partial charge in [-0.25, -0.2) is 0 Å². The van der Waals surface area contributed by atoms with Crippen LogP contribution in [-0.4, -0.2) is 87.5 Å². The van der Waals surface area contributed by atoms with Crippen LogP contribution in [0.1, 0.15) is 194 Å². The van der Waals surface area contributed by atoms with Gasteiger partial charge in [0.05, 0.1) is 25.4 Å². The number of aliphatic hydroxyl groups excluding tert-OH is 5. The van der Waals surface area contributed by atoms with Crippen molar-refractivity contribution in [1.82, 2.24) is 5.32 Å². The van der Waals surface area contributed by atoms with E-state index in [0.29, 0.717) is 12.8 Å². The average Bonchev–Trinajstić information content (AvgIpc) is 3.16. The number of aliphatic hydroxyl groups is 5. The van der Waals surface area contributed by atoms with E-state index in [4.69, 9.17) is 9.47 Å². The van der Waals surface area contributed by atoms with E-state index < -0.39 is 49.5 Å². The van der Waals surface area contributed by atoms with Crippen LogP contribution in [0.15, 0.2) is 24.3 Å². The lowest BCUT2D eigenvalue weighted by atomic mass is 9.99. The maximum Gasteiger partial charge on any atom is 0.220 e. The fourth-order valence-corrected chi connectivity index (χ4v) is 6.97. The second-order valence-electron chi connectivity index (χ2n) is 15.5. The molecule has 1 aliphatic heterocycles. The van der Waals surface area contributed by atoms with E-state index in [1.807, 2.05) is 0 Å². The number of hydrogen-bond acceptors (Lipinski definition) is 8. The summed E-state index contributed by atoms with van der Waals surface area (Å²) in [5.41, 5.74) is 0. The van der Waals surface area contributed by atoms with Gasteiger partial charge in [0.25, 0.3) is 0 Å². The molecule has 1 aliphatic rings. The van der Waals surface area contributed by atoms with Crippen molar-refractivity contribution in [2.45, 2.75) is 236 Å². The molecule has 1 amide bonds. The van der Waals surface area contributed by atoms with Crippen LogP contribution < -0.4 is 5.32 Å². The highest BCUT2D eigenvalue weighted by atomic mass is 16.7. The monoisotopic (exact) mass is 754 g/mol. The highest BCUT2D eigenvalue weighted by Gasteiger charge is 2.44. The fraction of sp³-hybridized carbons (Fsp3) is 0.886. The molecule has 7 atom stereocenters. The first-order chi connectivity index (χ1) is 25.8. The largest absolute Gasteiger partial charge is 0.394 e. The number of unbranched alkanes of at least 4 members (excludes halogenated alkanes) is 23. The van der Waals surface area contributed by atoms with Crippen LogP contribution >= 0.6 is 0 Å². The molecule has 0 radical (unpaired) electrons. The molecule has 0 aromatic carbocycles. The Hall–Kier alpha value is -1.33. The Kier molecular flexibility index (Phi) is 32.9. The molecular formula is C44H83NO8. The van der Waals surface area contributed by atoms with Gasteiger partial charge in [0, 0.05) is 6.42 Å². The summed E-state index contributed by atoms with van der Waals surface area (Å²) < 4.78 is 11.2. The number of ether oxygens (including phenoxy) is 2. The van der Waals surface area contributed by atoms with E-state index in [1.165, 1.54) is 109 Å². The number of nitrogens with one attached hydrogen (secondary N) is 1. The van der Waals surface area contributed by atoms with Crippen molar-refractivity contribution in [1.29, 1.82) is 0 Å². The molecule has 312 valence electrons. The Bertz CT molecular complexity index is 883. The third kappa shape index (κ3) is 26.2. The van der Waals surface area contributed by atoms with Crippen LogP contribution in [0.4, 0.5) is 0 Å². The third-order valence-electron chi connectivity index (χ3n) is 10.6. The highest BCUT2D eigenvalue weighted by Crippen LogP contribution is 2.23. The molecule has 0 aromatic heterocycles. The van der Waals surface area contributed by atoms with Gasteiger partial charge in [-0.1, -0.05) is 173 Å². The number of hydrogen-bond donors (Lipinski definition) is 6. The minimum atomic E-state index is -1.55. The van der Waals surface area contributed by atoms with Crippen LogP contribution in [-0.2, 0) is 14.3 Å². The molecule has 9 nitrogen and oxygen atoms in total. The SMILES string of the molecule is CCCCC/C=C\C=C/CCCCCCCCC(=O)NC(COC1OC(CO)C(O)C(O)C1O)C(O)CCCCCCCCCCCCCCCCC. The van der Waals surface area contributed by atoms with Gasteiger partial charge in [0.1, 0.15) is 24.4 Å². The molecule has 0 aromatic rings. The maximum atomic E-state index is 12.9. The molecular weight excluding hydrogens is 670 g/mol. The Balaban J connectivity index is 2.37. The molecule has 7 unspecified atom stereocenters. The molecule has 6 N–H and O–H groups in total. The van der Waals surface area contributed by atoms with Gasteiger partial charge in [-0.05, 0) is 38.5 Å². The van der Waals surface area contributed by atoms with Crippen molar-refractivity contribution in [2.24, 2.45) is 0 Å². The zero-order valence-corrected chi connectivity index (χ0v) is 34.0. The van der Waals surface area contributed by atoms with Crippen LogP contribution in [0, 0.1) is 0 Å². The van der Waals surface area contributed by atoms with Crippen molar-refractivity contribution < 1.29 is 39.8 Å². The first-order valence-corrected chi connectivity index (χ1v) is 22.1. The van der Waals surface area contributed by atoms with E-state index >= 15 is 0 Å². The van der Waals surface area contributed by atoms with Crippen LogP contribution in [0.2, 0.25) is 0 Å². The van der Waals surface area contributed by atoms with Crippen molar-refractivity contribution in [2.75, 3.05) is 13.2 Å².